The van der Waals surface area contributed by atoms with E-state index in [2.05, 4.69) is 55.5 Å². The van der Waals surface area contributed by atoms with Gasteiger partial charge in [-0.1, -0.05) is 56.7 Å². The third kappa shape index (κ3) is 14.6. The Hall–Kier alpha value is -5.84. The summed E-state index contributed by atoms with van der Waals surface area (Å²) in [6, 6.07) is 16.9. The molecule has 4 aliphatic rings. The maximum Gasteiger partial charge on any atom is 0.252 e. The van der Waals surface area contributed by atoms with Gasteiger partial charge < -0.3 is 46.4 Å². The van der Waals surface area contributed by atoms with Crippen molar-refractivity contribution in [3.8, 4) is 0 Å². The van der Waals surface area contributed by atoms with Crippen LogP contribution in [0.1, 0.15) is 81.8 Å². The van der Waals surface area contributed by atoms with Crippen molar-refractivity contribution in [2.45, 2.75) is 103 Å². The molecule has 2 saturated heterocycles. The van der Waals surface area contributed by atoms with Crippen molar-refractivity contribution in [2.75, 3.05) is 81.6 Å². The SMILES string of the molecule is CC[C@H](C)[C@H](NC(=O)[C@H](C)NC)C(=O)N1Cc2ccc(NC(=O)CNC(=O)[C@]3(C)CN(C(=O)CN4C[C@@H](C)NC[C@@H]4CN4CCOC[C@H]4C)c4cc(Cc5ccc(F)cc5)ccc43)cc2[C@H]1C(=O)Nc1c(F)cccc1F.Cl.Cl.Cl. The Kier molecular flexibility index (Phi) is 22.9. The quantitative estimate of drug-likeness (QED) is 0.0699. The van der Waals surface area contributed by atoms with Gasteiger partial charge in [0.15, 0.2) is 0 Å². The van der Waals surface area contributed by atoms with E-state index in [0.717, 1.165) is 42.4 Å². The number of carbonyl (C=O) groups is 6. The van der Waals surface area contributed by atoms with E-state index in [9.17, 15) is 41.9 Å². The van der Waals surface area contributed by atoms with Gasteiger partial charge in [0.1, 0.15) is 35.2 Å². The molecule has 8 atom stereocenters. The molecule has 6 N–H and O–H groups in total. The van der Waals surface area contributed by atoms with E-state index in [-0.39, 0.29) is 104 Å². The molecule has 8 rings (SSSR count). The van der Waals surface area contributed by atoms with Gasteiger partial charge in [-0.15, -0.1) is 37.2 Å². The second-order valence-electron chi connectivity index (χ2n) is 21.3. The van der Waals surface area contributed by atoms with Crippen LogP contribution in [-0.2, 0) is 51.9 Å². The lowest BCUT2D eigenvalue weighted by Gasteiger charge is -2.43. The lowest BCUT2D eigenvalue weighted by atomic mass is 9.83. The number of carbonyl (C=O) groups excluding carboxylic acids is 6. The topological polar surface area (TPSA) is 197 Å². The summed E-state index contributed by atoms with van der Waals surface area (Å²) in [7, 11) is 1.60. The number of nitrogens with one attached hydrogen (secondary N) is 6. The molecule has 17 nitrogen and oxygen atoms in total. The Morgan fingerprint density at radius 2 is 1.57 bits per heavy atom. The number of hydrogen-bond donors (Lipinski definition) is 6. The molecular formula is C57H74Cl3F3N10O7. The molecule has 2 fully saturated rings. The minimum Gasteiger partial charge on any atom is -0.379 e. The molecule has 0 aromatic heterocycles. The van der Waals surface area contributed by atoms with Gasteiger partial charge >= 0.3 is 0 Å². The number of rotatable bonds is 18. The summed E-state index contributed by atoms with van der Waals surface area (Å²) < 4.78 is 49.5. The molecule has 0 radical (unpaired) electrons. The highest BCUT2D eigenvalue weighted by Gasteiger charge is 2.48. The first-order valence-corrected chi connectivity index (χ1v) is 26.5. The first-order valence-electron chi connectivity index (χ1n) is 26.5. The molecule has 4 aromatic carbocycles. The second-order valence-corrected chi connectivity index (χ2v) is 21.3. The minimum atomic E-state index is -1.45. The fraction of sp³-hybridized carbons (Fsp3) is 0.474. The van der Waals surface area contributed by atoms with Gasteiger partial charge in [0.25, 0.3) is 5.91 Å². The standard InChI is InChI=1S/C57H71F3N10O7.3ClH/c1-8-33(2)50(65-53(73)36(5)61-7)55(75)69-28-39-15-18-41(24-43(39)52(69)54(74)66-51-45(59)10-9-11-46(51)60)64-48(71)26-63-56(76)57(6)32-70(47-23-38(14-19-44(47)57)22-37-12-16-40(58)17-13-37)49(72)30-68-27-34(3)62-25-42(68)29-67-20-21-77-31-35(67)4;;;/h9-19,23-24,33-36,42,50,52,61-62H,8,20-22,25-32H2,1-7H3,(H,63,76)(H,64,71)(H,65,73)(H,66,74);3*1H/t33-,34+,35+,36-,42+,50-,52-,57+;;;/m0.../s1. The first-order chi connectivity index (χ1) is 36.8. The van der Waals surface area contributed by atoms with E-state index < -0.39 is 76.9 Å². The van der Waals surface area contributed by atoms with E-state index in [4.69, 9.17) is 4.74 Å². The number of fused-ring (bicyclic) bond motifs is 2. The highest BCUT2D eigenvalue weighted by molar-refractivity contribution is 6.05. The number of ether oxygens (including phenoxy) is 1. The van der Waals surface area contributed by atoms with Crippen molar-refractivity contribution >= 4 is 89.7 Å². The zero-order valence-electron chi connectivity index (χ0n) is 46.0. The van der Waals surface area contributed by atoms with Crippen LogP contribution in [0.3, 0.4) is 0 Å². The highest BCUT2D eigenvalue weighted by atomic mass is 35.5. The maximum atomic E-state index is 15.0. The number of anilines is 3. The smallest absolute Gasteiger partial charge is 0.252 e. The molecule has 0 unspecified atom stereocenters. The zero-order valence-corrected chi connectivity index (χ0v) is 48.5. The highest BCUT2D eigenvalue weighted by Crippen LogP contribution is 2.43. The number of benzene rings is 4. The monoisotopic (exact) mass is 1170 g/mol. The van der Waals surface area contributed by atoms with Crippen LogP contribution in [0.2, 0.25) is 0 Å². The number of nitrogens with zero attached hydrogens (tertiary/aromatic N) is 4. The molecule has 0 bridgehead atoms. The van der Waals surface area contributed by atoms with Gasteiger partial charge in [0, 0.05) is 68.8 Å². The van der Waals surface area contributed by atoms with Crippen LogP contribution >= 0.6 is 37.2 Å². The number of halogens is 6. The fourth-order valence-electron chi connectivity index (χ4n) is 10.7. The van der Waals surface area contributed by atoms with Crippen LogP contribution in [-0.4, -0.2) is 146 Å². The average molecular weight is 1170 g/mol. The third-order valence-electron chi connectivity index (χ3n) is 15.7. The Bertz CT molecular complexity index is 2860. The molecule has 0 saturated carbocycles. The number of likely N-dealkylation sites (N-methyl/N-ethyl adjacent to an activating group) is 1. The summed E-state index contributed by atoms with van der Waals surface area (Å²) >= 11 is 0. The molecule has 0 aliphatic carbocycles. The minimum absolute atomic E-state index is 0. The molecular weight excluding hydrogens is 1100 g/mol. The largest absolute Gasteiger partial charge is 0.379 e. The predicted molar refractivity (Wildman–Crippen MR) is 308 cm³/mol. The van der Waals surface area contributed by atoms with Crippen molar-refractivity contribution in [1.82, 2.24) is 36.0 Å². The Labute approximate surface area is 484 Å². The number of amides is 6. The molecule has 0 spiro atoms. The normalized spacial score (nSPS) is 21.7. The first kappa shape index (κ1) is 65.0. The van der Waals surface area contributed by atoms with Gasteiger partial charge in [-0.2, -0.15) is 0 Å². The number of piperazine rings is 1. The molecule has 4 aromatic rings. The molecule has 4 aliphatic heterocycles. The van der Waals surface area contributed by atoms with Crippen LogP contribution in [0.15, 0.2) is 78.9 Å². The summed E-state index contributed by atoms with van der Waals surface area (Å²) in [6.07, 6.45) is 0.941. The lowest BCUT2D eigenvalue weighted by Crippen LogP contribution is -2.62. The third-order valence-corrected chi connectivity index (χ3v) is 15.7. The van der Waals surface area contributed by atoms with Crippen molar-refractivity contribution in [3.63, 3.8) is 0 Å². The number of hydrogen-bond acceptors (Lipinski definition) is 11. The van der Waals surface area contributed by atoms with Crippen LogP contribution in [0, 0.1) is 23.4 Å². The summed E-state index contributed by atoms with van der Waals surface area (Å²) in [6.45, 7) is 15.0. The van der Waals surface area contributed by atoms with Crippen molar-refractivity contribution in [1.29, 1.82) is 0 Å². The van der Waals surface area contributed by atoms with E-state index >= 15 is 0 Å². The maximum absolute atomic E-state index is 15.0. The Morgan fingerprint density at radius 1 is 0.875 bits per heavy atom. The van der Waals surface area contributed by atoms with Gasteiger partial charge in [-0.25, -0.2) is 13.2 Å². The van der Waals surface area contributed by atoms with Crippen molar-refractivity contribution in [2.24, 2.45) is 5.92 Å². The van der Waals surface area contributed by atoms with Crippen molar-refractivity contribution in [3.05, 3.63) is 124 Å². The fourth-order valence-corrected chi connectivity index (χ4v) is 10.7. The molecule has 80 heavy (non-hydrogen) atoms. The zero-order chi connectivity index (χ0) is 55.3. The summed E-state index contributed by atoms with van der Waals surface area (Å²) in [4.78, 5) is 92.6. The van der Waals surface area contributed by atoms with Crippen LogP contribution in [0.4, 0.5) is 30.2 Å². The van der Waals surface area contributed by atoms with E-state index in [1.165, 1.54) is 23.1 Å². The van der Waals surface area contributed by atoms with E-state index in [1.54, 1.807) is 57.0 Å². The van der Waals surface area contributed by atoms with Gasteiger partial charge in [-0.05, 0) is 117 Å². The molecule has 23 heteroatoms. The van der Waals surface area contributed by atoms with Crippen LogP contribution in [0.5, 0.6) is 0 Å². The molecule has 4 heterocycles. The van der Waals surface area contributed by atoms with Gasteiger partial charge in [0.05, 0.1) is 37.8 Å². The molecule has 436 valence electrons. The van der Waals surface area contributed by atoms with E-state index in [1.807, 2.05) is 25.1 Å². The Balaban J connectivity index is 0.00000392. The summed E-state index contributed by atoms with van der Waals surface area (Å²) in [5.74, 6) is -6.07. The van der Waals surface area contributed by atoms with Crippen LogP contribution in [0.25, 0.3) is 0 Å². The van der Waals surface area contributed by atoms with Gasteiger partial charge in [-0.3, -0.25) is 38.6 Å². The number of para-hydroxylation sites is 1. The second kappa shape index (κ2) is 28.2. The van der Waals surface area contributed by atoms with Crippen molar-refractivity contribution < 1.29 is 46.7 Å². The Morgan fingerprint density at radius 3 is 2.25 bits per heavy atom. The average Bonchev–Trinajstić information content (AvgIpc) is 4.07. The lowest BCUT2D eigenvalue weighted by molar-refractivity contribution is -0.143. The van der Waals surface area contributed by atoms with Gasteiger partial charge in [0.2, 0.25) is 29.5 Å². The van der Waals surface area contributed by atoms with E-state index in [0.29, 0.717) is 56.0 Å². The van der Waals surface area contributed by atoms with Crippen LogP contribution < -0.4 is 36.8 Å². The number of morpholine rings is 1. The predicted octanol–water partition coefficient (Wildman–Crippen LogP) is 5.86. The summed E-state index contributed by atoms with van der Waals surface area (Å²) in [5.41, 5.74) is 1.88. The molecule has 6 amide bonds. The summed E-state index contributed by atoms with van der Waals surface area (Å²) in [5, 5.41) is 17.2.